The van der Waals surface area contributed by atoms with E-state index < -0.39 is 0 Å². The number of amides is 1. The second-order valence-electron chi connectivity index (χ2n) is 7.61. The summed E-state index contributed by atoms with van der Waals surface area (Å²) in [7, 11) is 4.83. The van der Waals surface area contributed by atoms with Crippen LogP contribution in [-0.2, 0) is 9.59 Å². The van der Waals surface area contributed by atoms with Crippen molar-refractivity contribution in [3.05, 3.63) is 64.9 Å². The van der Waals surface area contributed by atoms with Gasteiger partial charge < -0.3 is 19.5 Å². The average molecular weight is 407 g/mol. The molecule has 2 aromatic rings. The van der Waals surface area contributed by atoms with Gasteiger partial charge in [0.05, 0.1) is 21.3 Å². The molecule has 30 heavy (non-hydrogen) atoms. The van der Waals surface area contributed by atoms with Crippen molar-refractivity contribution in [2.45, 2.75) is 31.1 Å². The molecule has 0 unspecified atom stereocenters. The SMILES string of the molecule is COc1cccc([C@H]2CC(=O)NC3=C2C(=O)C[C@@H](c2cc(OC)ccc2OC)C3)c1. The van der Waals surface area contributed by atoms with Crippen LogP contribution in [0.1, 0.15) is 42.2 Å². The number of methoxy groups -OCH3 is 3. The van der Waals surface area contributed by atoms with Crippen molar-refractivity contribution >= 4 is 11.7 Å². The second kappa shape index (κ2) is 8.22. The van der Waals surface area contributed by atoms with Gasteiger partial charge in [-0.05, 0) is 42.3 Å². The van der Waals surface area contributed by atoms with Crippen LogP contribution in [0.2, 0.25) is 0 Å². The zero-order chi connectivity index (χ0) is 21.3. The maximum absolute atomic E-state index is 13.3. The summed E-state index contributed by atoms with van der Waals surface area (Å²) in [6, 6.07) is 13.2. The first kappa shape index (κ1) is 20.0. The van der Waals surface area contributed by atoms with Crippen molar-refractivity contribution in [2.24, 2.45) is 0 Å². The molecule has 0 saturated heterocycles. The Hall–Kier alpha value is -3.28. The van der Waals surface area contributed by atoms with E-state index in [0.717, 1.165) is 11.1 Å². The molecule has 1 N–H and O–H groups in total. The Bertz CT molecular complexity index is 1030. The minimum Gasteiger partial charge on any atom is -0.497 e. The predicted octanol–water partition coefficient (Wildman–Crippen LogP) is 3.72. The summed E-state index contributed by atoms with van der Waals surface area (Å²) in [4.78, 5) is 25.8. The summed E-state index contributed by atoms with van der Waals surface area (Å²) >= 11 is 0. The van der Waals surface area contributed by atoms with Gasteiger partial charge in [-0.25, -0.2) is 0 Å². The van der Waals surface area contributed by atoms with E-state index in [0.29, 0.717) is 41.4 Å². The zero-order valence-electron chi connectivity index (χ0n) is 17.4. The Morgan fingerprint density at radius 3 is 2.37 bits per heavy atom. The first-order valence-electron chi connectivity index (χ1n) is 9.96. The molecule has 1 heterocycles. The normalized spacial score (nSPS) is 21.0. The molecule has 1 amide bonds. The number of hydrogen-bond acceptors (Lipinski definition) is 5. The van der Waals surface area contributed by atoms with Gasteiger partial charge in [-0.1, -0.05) is 12.1 Å². The van der Waals surface area contributed by atoms with Gasteiger partial charge in [0.25, 0.3) is 0 Å². The summed E-state index contributed by atoms with van der Waals surface area (Å²) in [6.07, 6.45) is 1.18. The molecule has 1 aliphatic carbocycles. The van der Waals surface area contributed by atoms with Crippen molar-refractivity contribution < 1.29 is 23.8 Å². The maximum Gasteiger partial charge on any atom is 0.225 e. The van der Waals surface area contributed by atoms with Crippen molar-refractivity contribution in [2.75, 3.05) is 21.3 Å². The number of hydrogen-bond donors (Lipinski definition) is 1. The minimum atomic E-state index is -0.260. The molecular formula is C24H25NO5. The van der Waals surface area contributed by atoms with E-state index in [-0.39, 0.29) is 29.9 Å². The summed E-state index contributed by atoms with van der Waals surface area (Å²) in [5.41, 5.74) is 3.25. The summed E-state index contributed by atoms with van der Waals surface area (Å²) in [5.74, 6) is 1.76. The number of allylic oxidation sites excluding steroid dienone is 2. The van der Waals surface area contributed by atoms with E-state index in [4.69, 9.17) is 14.2 Å². The number of rotatable bonds is 5. The van der Waals surface area contributed by atoms with E-state index in [2.05, 4.69) is 5.32 Å². The largest absolute Gasteiger partial charge is 0.497 e. The standard InChI is InChI=1S/C24H25NO5/c1-28-16-6-4-5-14(9-16)19-13-23(27)25-20-10-15(11-21(26)24(19)20)18-12-17(29-2)7-8-22(18)30-3/h4-9,12,15,19H,10-11,13H2,1-3H3,(H,25,27)/t15-,19+/m0/s1. The van der Waals surface area contributed by atoms with Crippen LogP contribution in [-0.4, -0.2) is 33.0 Å². The molecule has 0 bridgehead atoms. The maximum atomic E-state index is 13.3. The van der Waals surface area contributed by atoms with Crippen LogP contribution in [0.4, 0.5) is 0 Å². The molecule has 4 rings (SSSR count). The lowest BCUT2D eigenvalue weighted by molar-refractivity contribution is -0.122. The van der Waals surface area contributed by atoms with Gasteiger partial charge in [-0.15, -0.1) is 0 Å². The fourth-order valence-electron chi connectivity index (χ4n) is 4.48. The molecule has 0 fully saturated rings. The quantitative estimate of drug-likeness (QED) is 0.818. The van der Waals surface area contributed by atoms with Crippen molar-refractivity contribution in [1.29, 1.82) is 0 Å². The van der Waals surface area contributed by atoms with Crippen molar-refractivity contribution in [3.63, 3.8) is 0 Å². The molecule has 0 saturated carbocycles. The Kier molecular flexibility index (Phi) is 5.48. The van der Waals surface area contributed by atoms with E-state index >= 15 is 0 Å². The Labute approximate surface area is 175 Å². The third-order valence-electron chi connectivity index (χ3n) is 5.91. The number of nitrogens with one attached hydrogen (secondary N) is 1. The van der Waals surface area contributed by atoms with Crippen LogP contribution in [0.25, 0.3) is 0 Å². The van der Waals surface area contributed by atoms with Crippen LogP contribution in [0.15, 0.2) is 53.7 Å². The number of ether oxygens (including phenoxy) is 3. The third kappa shape index (κ3) is 3.65. The van der Waals surface area contributed by atoms with Crippen molar-refractivity contribution in [3.8, 4) is 17.2 Å². The fourth-order valence-corrected chi connectivity index (χ4v) is 4.48. The van der Waals surface area contributed by atoms with Gasteiger partial charge in [0.2, 0.25) is 5.91 Å². The van der Waals surface area contributed by atoms with E-state index in [1.54, 1.807) is 21.3 Å². The molecule has 1 aliphatic heterocycles. The smallest absolute Gasteiger partial charge is 0.225 e. The van der Waals surface area contributed by atoms with Crippen LogP contribution < -0.4 is 19.5 Å². The van der Waals surface area contributed by atoms with Gasteiger partial charge >= 0.3 is 0 Å². The van der Waals surface area contributed by atoms with Gasteiger partial charge in [0.1, 0.15) is 17.2 Å². The molecule has 2 atom stereocenters. The molecule has 2 aliphatic rings. The monoisotopic (exact) mass is 407 g/mol. The third-order valence-corrected chi connectivity index (χ3v) is 5.91. The number of Topliss-reactive ketones (excluding diaryl/α,β-unsaturated/α-hetero) is 1. The molecule has 6 heteroatoms. The number of benzene rings is 2. The highest BCUT2D eigenvalue weighted by Gasteiger charge is 2.39. The lowest BCUT2D eigenvalue weighted by atomic mass is 9.73. The topological polar surface area (TPSA) is 73.9 Å². The average Bonchev–Trinajstić information content (AvgIpc) is 2.77. The highest BCUT2D eigenvalue weighted by Crippen LogP contribution is 2.45. The van der Waals surface area contributed by atoms with E-state index in [9.17, 15) is 9.59 Å². The van der Waals surface area contributed by atoms with Gasteiger partial charge in [0, 0.05) is 41.5 Å². The summed E-state index contributed by atoms with van der Waals surface area (Å²) in [5, 5.41) is 2.96. The lowest BCUT2D eigenvalue weighted by Crippen LogP contribution is -2.38. The lowest BCUT2D eigenvalue weighted by Gasteiger charge is -2.35. The fraction of sp³-hybridized carbons (Fsp3) is 0.333. The molecule has 0 aromatic heterocycles. The van der Waals surface area contributed by atoms with Crippen LogP contribution in [0.5, 0.6) is 17.2 Å². The number of carbonyl (C=O) groups excluding carboxylic acids is 2. The Balaban J connectivity index is 1.73. The second-order valence-corrected chi connectivity index (χ2v) is 7.61. The van der Waals surface area contributed by atoms with Crippen LogP contribution in [0.3, 0.4) is 0 Å². The van der Waals surface area contributed by atoms with E-state index in [1.807, 2.05) is 42.5 Å². The Morgan fingerprint density at radius 2 is 1.63 bits per heavy atom. The highest BCUT2D eigenvalue weighted by molar-refractivity contribution is 6.02. The van der Waals surface area contributed by atoms with Gasteiger partial charge in [0.15, 0.2) is 5.78 Å². The van der Waals surface area contributed by atoms with Gasteiger partial charge in [-0.3, -0.25) is 9.59 Å². The summed E-state index contributed by atoms with van der Waals surface area (Å²) in [6.45, 7) is 0. The molecule has 0 spiro atoms. The predicted molar refractivity (Wildman–Crippen MR) is 112 cm³/mol. The number of ketones is 1. The Morgan fingerprint density at radius 1 is 0.867 bits per heavy atom. The number of carbonyl (C=O) groups is 2. The summed E-state index contributed by atoms with van der Waals surface area (Å²) < 4.78 is 16.2. The first-order valence-corrected chi connectivity index (χ1v) is 9.96. The van der Waals surface area contributed by atoms with Crippen molar-refractivity contribution in [1.82, 2.24) is 5.32 Å². The van der Waals surface area contributed by atoms with Gasteiger partial charge in [-0.2, -0.15) is 0 Å². The highest BCUT2D eigenvalue weighted by atomic mass is 16.5. The molecule has 6 nitrogen and oxygen atoms in total. The van der Waals surface area contributed by atoms with E-state index in [1.165, 1.54) is 0 Å². The van der Waals surface area contributed by atoms with Crippen LogP contribution >= 0.6 is 0 Å². The minimum absolute atomic E-state index is 0.0546. The van der Waals surface area contributed by atoms with Crippen LogP contribution in [0, 0.1) is 0 Å². The molecule has 2 aromatic carbocycles. The first-order chi connectivity index (χ1) is 14.5. The molecular weight excluding hydrogens is 382 g/mol. The zero-order valence-corrected chi connectivity index (χ0v) is 17.4. The molecule has 0 radical (unpaired) electrons. The molecule has 156 valence electrons.